The van der Waals surface area contributed by atoms with E-state index in [0.717, 1.165) is 37.3 Å². The van der Waals surface area contributed by atoms with Crippen LogP contribution in [0.4, 0.5) is 0 Å². The Labute approximate surface area is 154 Å². The van der Waals surface area contributed by atoms with Crippen LogP contribution in [-0.2, 0) is 29.1 Å². The molecular formula is C18H29N5O3. The zero-order chi connectivity index (χ0) is 18.7. The molecule has 0 unspecified atom stereocenters. The molecule has 26 heavy (non-hydrogen) atoms. The molecule has 0 saturated carbocycles. The van der Waals surface area contributed by atoms with Gasteiger partial charge in [-0.1, -0.05) is 0 Å². The summed E-state index contributed by atoms with van der Waals surface area (Å²) in [6, 6.07) is 2.41. The Balaban J connectivity index is 1.52. The number of carboxylic acid groups (broad SMARTS) is 1. The van der Waals surface area contributed by atoms with Gasteiger partial charge in [-0.25, -0.2) is 0 Å². The van der Waals surface area contributed by atoms with E-state index in [1.807, 2.05) is 22.7 Å². The summed E-state index contributed by atoms with van der Waals surface area (Å²) in [5.41, 5.74) is 1.78. The predicted molar refractivity (Wildman–Crippen MR) is 96.7 cm³/mol. The van der Waals surface area contributed by atoms with Crippen LogP contribution in [0.15, 0.2) is 6.07 Å². The lowest BCUT2D eigenvalue weighted by atomic mass is 10.0. The highest BCUT2D eigenvalue weighted by molar-refractivity contribution is 5.78. The van der Waals surface area contributed by atoms with Crippen molar-refractivity contribution in [2.24, 2.45) is 0 Å². The first-order valence-electron chi connectivity index (χ1n) is 9.36. The number of aliphatic carboxylic acids is 1. The number of nitrogens with zero attached hydrogens (tertiary/aromatic N) is 5. The number of aryl methyl sites for hydroxylation is 1. The zero-order valence-electron chi connectivity index (χ0n) is 15.7. The average molecular weight is 363 g/mol. The lowest BCUT2D eigenvalue weighted by Gasteiger charge is -2.36. The molecule has 1 N–H and O–H groups in total. The molecule has 8 heteroatoms. The second kappa shape index (κ2) is 8.18. The second-order valence-electron chi connectivity index (χ2n) is 7.51. The van der Waals surface area contributed by atoms with Crippen molar-refractivity contribution in [1.82, 2.24) is 24.5 Å². The van der Waals surface area contributed by atoms with Crippen LogP contribution in [0.2, 0.25) is 0 Å². The molecule has 0 aromatic carbocycles. The fraction of sp³-hybridized carbons (Fsp3) is 0.722. The summed E-state index contributed by atoms with van der Waals surface area (Å²) >= 11 is 0. The Kier molecular flexibility index (Phi) is 5.93. The first-order chi connectivity index (χ1) is 12.4. The van der Waals surface area contributed by atoms with Crippen molar-refractivity contribution in [1.29, 1.82) is 0 Å². The number of carbonyl (C=O) groups is 2. The minimum Gasteiger partial charge on any atom is -0.481 e. The normalized spacial score (nSPS) is 19.0. The summed E-state index contributed by atoms with van der Waals surface area (Å²) in [5.74, 6) is -0.657. The number of hydrogen-bond donors (Lipinski definition) is 1. The Hall–Kier alpha value is -1.93. The van der Waals surface area contributed by atoms with Gasteiger partial charge in [0.2, 0.25) is 5.91 Å². The van der Waals surface area contributed by atoms with Crippen LogP contribution in [0.25, 0.3) is 0 Å². The van der Waals surface area contributed by atoms with Crippen LogP contribution in [-0.4, -0.2) is 87.8 Å². The number of rotatable bonds is 6. The van der Waals surface area contributed by atoms with Crippen molar-refractivity contribution in [2.45, 2.75) is 44.8 Å². The van der Waals surface area contributed by atoms with Crippen LogP contribution < -0.4 is 0 Å². The summed E-state index contributed by atoms with van der Waals surface area (Å²) in [6.07, 6.45) is 2.74. The number of hydrogen-bond acceptors (Lipinski definition) is 5. The number of piperidine rings is 1. The first-order valence-corrected chi connectivity index (χ1v) is 9.36. The van der Waals surface area contributed by atoms with E-state index in [-0.39, 0.29) is 12.3 Å². The lowest BCUT2D eigenvalue weighted by Crippen LogP contribution is -2.48. The van der Waals surface area contributed by atoms with Crippen LogP contribution in [0.5, 0.6) is 0 Å². The van der Waals surface area contributed by atoms with Gasteiger partial charge >= 0.3 is 5.97 Å². The summed E-state index contributed by atoms with van der Waals surface area (Å²) in [6.45, 7) is 4.52. The molecule has 3 rings (SSSR count). The predicted octanol–water partition coefficient (Wildman–Crippen LogP) is 0.269. The van der Waals surface area contributed by atoms with E-state index in [2.05, 4.69) is 21.9 Å². The van der Waals surface area contributed by atoms with Crippen molar-refractivity contribution in [3.63, 3.8) is 0 Å². The maximum absolute atomic E-state index is 12.7. The number of likely N-dealkylation sites (tertiary alicyclic amines) is 1. The van der Waals surface area contributed by atoms with Crippen LogP contribution >= 0.6 is 0 Å². The molecule has 3 heterocycles. The highest BCUT2D eigenvalue weighted by Gasteiger charge is 2.26. The molecule has 1 amide bonds. The van der Waals surface area contributed by atoms with Gasteiger partial charge in [-0.2, -0.15) is 5.10 Å². The summed E-state index contributed by atoms with van der Waals surface area (Å²) in [5, 5.41) is 13.3. The molecular weight excluding hydrogens is 334 g/mol. The van der Waals surface area contributed by atoms with Gasteiger partial charge in [0.1, 0.15) is 0 Å². The molecule has 0 radical (unpaired) electrons. The number of carboxylic acids is 1. The van der Waals surface area contributed by atoms with E-state index < -0.39 is 5.97 Å². The minimum atomic E-state index is -0.815. The van der Waals surface area contributed by atoms with Gasteiger partial charge in [0, 0.05) is 19.0 Å². The van der Waals surface area contributed by atoms with Gasteiger partial charge in [0.15, 0.2) is 0 Å². The average Bonchev–Trinajstić information content (AvgIpc) is 3.02. The molecule has 1 fully saturated rings. The number of fused-ring (bicyclic) bond motifs is 1. The van der Waals surface area contributed by atoms with E-state index >= 15 is 0 Å². The van der Waals surface area contributed by atoms with E-state index in [0.29, 0.717) is 38.6 Å². The topological polar surface area (TPSA) is 81.9 Å². The maximum atomic E-state index is 12.7. The van der Waals surface area contributed by atoms with E-state index in [9.17, 15) is 9.59 Å². The molecule has 0 atom stereocenters. The van der Waals surface area contributed by atoms with Crippen molar-refractivity contribution in [2.75, 3.05) is 40.3 Å². The Morgan fingerprint density at radius 1 is 1.27 bits per heavy atom. The van der Waals surface area contributed by atoms with Crippen LogP contribution in [0.3, 0.4) is 0 Å². The number of amides is 1. The van der Waals surface area contributed by atoms with E-state index in [4.69, 9.17) is 5.11 Å². The summed E-state index contributed by atoms with van der Waals surface area (Å²) in [7, 11) is 4.19. The highest BCUT2D eigenvalue weighted by atomic mass is 16.4. The number of likely N-dealkylation sites (N-methyl/N-ethyl adjacent to an activating group) is 1. The van der Waals surface area contributed by atoms with Crippen molar-refractivity contribution < 1.29 is 14.7 Å². The maximum Gasteiger partial charge on any atom is 0.303 e. The quantitative estimate of drug-likeness (QED) is 0.781. The minimum absolute atomic E-state index is 0.0838. The molecule has 0 aliphatic carbocycles. The summed E-state index contributed by atoms with van der Waals surface area (Å²) < 4.78 is 1.90. The molecule has 2 aliphatic rings. The fourth-order valence-corrected chi connectivity index (χ4v) is 3.77. The lowest BCUT2D eigenvalue weighted by molar-refractivity contribution is -0.137. The monoisotopic (exact) mass is 363 g/mol. The van der Waals surface area contributed by atoms with Gasteiger partial charge < -0.3 is 14.9 Å². The standard InChI is InChI=1S/C18H29N5O3/c1-20-7-5-15(6-8-20)21(2)13-17(24)22-9-10-23-16(12-22)11-14(19-23)3-4-18(25)26/h11,15H,3-10,12-13H2,1-2H3,(H,25,26). The second-order valence-corrected chi connectivity index (χ2v) is 7.51. The van der Waals surface area contributed by atoms with Gasteiger partial charge in [0.25, 0.3) is 0 Å². The molecule has 0 spiro atoms. The van der Waals surface area contributed by atoms with Crippen molar-refractivity contribution >= 4 is 11.9 Å². The smallest absolute Gasteiger partial charge is 0.303 e. The number of aromatic nitrogens is 2. The van der Waals surface area contributed by atoms with Crippen molar-refractivity contribution in [3.05, 3.63) is 17.5 Å². The summed E-state index contributed by atoms with van der Waals surface area (Å²) in [4.78, 5) is 29.8. The third-order valence-corrected chi connectivity index (χ3v) is 5.49. The van der Waals surface area contributed by atoms with E-state index in [1.54, 1.807) is 0 Å². The molecule has 0 bridgehead atoms. The molecule has 1 saturated heterocycles. The van der Waals surface area contributed by atoms with Gasteiger partial charge in [-0.05, 0) is 46.1 Å². The Bertz CT molecular complexity index is 651. The van der Waals surface area contributed by atoms with Crippen molar-refractivity contribution in [3.8, 4) is 0 Å². The molecule has 8 nitrogen and oxygen atoms in total. The molecule has 144 valence electrons. The third-order valence-electron chi connectivity index (χ3n) is 5.49. The third kappa shape index (κ3) is 4.62. The largest absolute Gasteiger partial charge is 0.481 e. The van der Waals surface area contributed by atoms with Crippen LogP contribution in [0, 0.1) is 0 Å². The Morgan fingerprint density at radius 2 is 2.00 bits per heavy atom. The molecule has 1 aromatic rings. The molecule has 1 aromatic heterocycles. The highest BCUT2D eigenvalue weighted by Crippen LogP contribution is 2.17. The number of carbonyl (C=O) groups excluding carboxylic acids is 1. The van der Waals surface area contributed by atoms with E-state index in [1.165, 1.54) is 0 Å². The van der Waals surface area contributed by atoms with Gasteiger partial charge in [-0.3, -0.25) is 19.2 Å². The first kappa shape index (κ1) is 18.8. The molecule has 2 aliphatic heterocycles. The van der Waals surface area contributed by atoms with Crippen LogP contribution in [0.1, 0.15) is 30.7 Å². The van der Waals surface area contributed by atoms with Gasteiger partial charge in [-0.15, -0.1) is 0 Å². The SMILES string of the molecule is CN1CCC(N(C)CC(=O)N2CCn3nc(CCC(=O)O)cc3C2)CC1. The van der Waals surface area contributed by atoms with Gasteiger partial charge in [0.05, 0.1) is 37.4 Å². The fourth-order valence-electron chi connectivity index (χ4n) is 3.77. The zero-order valence-corrected chi connectivity index (χ0v) is 15.7. The Morgan fingerprint density at radius 3 is 2.69 bits per heavy atom.